The molecule has 0 radical (unpaired) electrons. The lowest BCUT2D eigenvalue weighted by molar-refractivity contribution is 0.558. The highest BCUT2D eigenvalue weighted by molar-refractivity contribution is 7.89. The number of rotatable bonds is 4. The summed E-state index contributed by atoms with van der Waals surface area (Å²) < 4.78 is 25.6. The number of benzene rings is 2. The van der Waals surface area contributed by atoms with Crippen LogP contribution in [0.1, 0.15) is 17.2 Å². The van der Waals surface area contributed by atoms with Crippen molar-refractivity contribution in [3.05, 3.63) is 64.7 Å². The summed E-state index contributed by atoms with van der Waals surface area (Å²) in [6.07, 6.45) is 0. The van der Waals surface area contributed by atoms with E-state index in [1.807, 2.05) is 19.1 Å². The van der Waals surface area contributed by atoms with Gasteiger partial charge in [-0.15, -0.1) is 0 Å². The minimum atomic E-state index is -3.88. The maximum Gasteiger partial charge on any atom is 0.241 e. The van der Waals surface area contributed by atoms with Crippen LogP contribution in [0.2, 0.25) is 5.02 Å². The lowest BCUT2D eigenvalue weighted by Crippen LogP contribution is -2.36. The number of alkyl halides is 3. The fraction of sp³-hybridized carbons (Fsp3) is 0.200. The molecule has 0 amide bonds. The van der Waals surface area contributed by atoms with E-state index in [-0.39, 0.29) is 4.90 Å². The van der Waals surface area contributed by atoms with Gasteiger partial charge in [-0.1, -0.05) is 76.2 Å². The van der Waals surface area contributed by atoms with Crippen molar-refractivity contribution in [2.24, 2.45) is 0 Å². The monoisotopic (exact) mass is 411 g/mol. The summed E-state index contributed by atoms with van der Waals surface area (Å²) in [4.78, 5) is 0.0354. The summed E-state index contributed by atoms with van der Waals surface area (Å²) >= 11 is 23.7. The van der Waals surface area contributed by atoms with Crippen LogP contribution < -0.4 is 4.72 Å². The molecule has 2 aromatic carbocycles. The van der Waals surface area contributed by atoms with Crippen molar-refractivity contribution < 1.29 is 8.42 Å². The smallest absolute Gasteiger partial charge is 0.207 e. The van der Waals surface area contributed by atoms with Gasteiger partial charge in [0.15, 0.2) is 0 Å². The van der Waals surface area contributed by atoms with Gasteiger partial charge in [-0.25, -0.2) is 8.42 Å². The molecule has 0 saturated carbocycles. The van der Waals surface area contributed by atoms with E-state index in [2.05, 4.69) is 4.72 Å². The number of sulfonamides is 1. The summed E-state index contributed by atoms with van der Waals surface area (Å²) in [6, 6.07) is 11.8. The largest absolute Gasteiger partial charge is 0.241 e. The van der Waals surface area contributed by atoms with E-state index in [9.17, 15) is 8.42 Å². The molecule has 0 bridgehead atoms. The van der Waals surface area contributed by atoms with Crippen LogP contribution in [0.3, 0.4) is 0 Å². The molecule has 1 N–H and O–H groups in total. The highest BCUT2D eigenvalue weighted by Gasteiger charge is 2.37. The Morgan fingerprint density at radius 2 is 1.48 bits per heavy atom. The van der Waals surface area contributed by atoms with E-state index < -0.39 is 19.9 Å². The molecule has 124 valence electrons. The van der Waals surface area contributed by atoms with E-state index in [1.165, 1.54) is 24.3 Å². The zero-order valence-electron chi connectivity index (χ0n) is 11.9. The second-order valence-electron chi connectivity index (χ2n) is 4.96. The maximum atomic E-state index is 12.5. The first-order valence-electron chi connectivity index (χ1n) is 6.51. The van der Waals surface area contributed by atoms with Gasteiger partial charge in [0, 0.05) is 5.02 Å². The molecule has 0 aliphatic heterocycles. The molecule has 0 heterocycles. The third-order valence-electron chi connectivity index (χ3n) is 3.13. The highest BCUT2D eigenvalue weighted by atomic mass is 35.6. The quantitative estimate of drug-likeness (QED) is 0.715. The average molecular weight is 413 g/mol. The van der Waals surface area contributed by atoms with Crippen LogP contribution in [-0.2, 0) is 10.0 Å². The van der Waals surface area contributed by atoms with Gasteiger partial charge in [0.05, 0.1) is 10.9 Å². The second-order valence-corrected chi connectivity index (χ2v) is 9.48. The lowest BCUT2D eigenvalue weighted by atomic mass is 10.1. The first-order chi connectivity index (χ1) is 10.6. The predicted octanol–water partition coefficient (Wildman–Crippen LogP) is 5.04. The zero-order valence-corrected chi connectivity index (χ0v) is 15.8. The van der Waals surface area contributed by atoms with E-state index in [4.69, 9.17) is 46.4 Å². The SMILES string of the molecule is Cc1ccc([C@H](NS(=O)(=O)c2ccc(Cl)cc2)C(Cl)(Cl)Cl)cc1. The van der Waals surface area contributed by atoms with Crippen molar-refractivity contribution >= 4 is 56.4 Å². The Hall–Kier alpha value is -0.490. The van der Waals surface area contributed by atoms with Crippen molar-refractivity contribution in [1.82, 2.24) is 4.72 Å². The topological polar surface area (TPSA) is 46.2 Å². The van der Waals surface area contributed by atoms with Crippen LogP contribution >= 0.6 is 46.4 Å². The maximum absolute atomic E-state index is 12.5. The van der Waals surface area contributed by atoms with Crippen molar-refractivity contribution in [3.63, 3.8) is 0 Å². The molecular weight excluding hydrogens is 400 g/mol. The summed E-state index contributed by atoms with van der Waals surface area (Å²) in [7, 11) is -3.88. The van der Waals surface area contributed by atoms with Crippen molar-refractivity contribution in [2.45, 2.75) is 21.7 Å². The summed E-state index contributed by atoms with van der Waals surface area (Å²) in [5.74, 6) is 0. The number of aryl methyl sites for hydroxylation is 1. The van der Waals surface area contributed by atoms with Gasteiger partial charge in [-0.05, 0) is 36.8 Å². The molecule has 0 unspecified atom stereocenters. The van der Waals surface area contributed by atoms with Crippen molar-refractivity contribution in [2.75, 3.05) is 0 Å². The Bertz CT molecular complexity index is 769. The first kappa shape index (κ1) is 18.8. The van der Waals surface area contributed by atoms with Gasteiger partial charge in [0.25, 0.3) is 0 Å². The second kappa shape index (κ2) is 7.18. The fourth-order valence-electron chi connectivity index (χ4n) is 1.92. The molecule has 23 heavy (non-hydrogen) atoms. The van der Waals surface area contributed by atoms with Crippen LogP contribution in [0.4, 0.5) is 0 Å². The molecule has 0 aliphatic carbocycles. The van der Waals surface area contributed by atoms with Gasteiger partial charge >= 0.3 is 0 Å². The molecule has 0 spiro atoms. The standard InChI is InChI=1S/C15H13Cl4NO2S/c1-10-2-4-11(5-3-10)14(15(17,18)19)20-23(21,22)13-8-6-12(16)7-9-13/h2-9,14,20H,1H3/t14-/m0/s1. The van der Waals surface area contributed by atoms with E-state index >= 15 is 0 Å². The molecule has 1 atom stereocenters. The normalized spacial score (nSPS) is 13.8. The Kier molecular flexibility index (Phi) is 5.88. The van der Waals surface area contributed by atoms with Gasteiger partial charge in [0.1, 0.15) is 0 Å². The summed E-state index contributed by atoms with van der Waals surface area (Å²) in [5, 5.41) is 0.431. The third kappa shape index (κ3) is 4.99. The lowest BCUT2D eigenvalue weighted by Gasteiger charge is -2.26. The Morgan fingerprint density at radius 1 is 0.957 bits per heavy atom. The molecule has 0 aromatic heterocycles. The number of nitrogens with one attached hydrogen (secondary N) is 1. The van der Waals surface area contributed by atoms with Crippen LogP contribution in [0.25, 0.3) is 0 Å². The molecule has 0 aliphatic rings. The minimum absolute atomic E-state index is 0.0354. The van der Waals surface area contributed by atoms with Gasteiger partial charge in [-0.3, -0.25) is 0 Å². The molecule has 3 nitrogen and oxygen atoms in total. The van der Waals surface area contributed by atoms with Gasteiger partial charge in [0.2, 0.25) is 13.8 Å². The molecule has 0 saturated heterocycles. The molecule has 0 fully saturated rings. The van der Waals surface area contributed by atoms with Crippen LogP contribution in [-0.4, -0.2) is 12.2 Å². The van der Waals surface area contributed by atoms with Gasteiger partial charge < -0.3 is 0 Å². The first-order valence-corrected chi connectivity index (χ1v) is 9.50. The average Bonchev–Trinajstić information content (AvgIpc) is 2.45. The molecule has 2 aromatic rings. The van der Waals surface area contributed by atoms with E-state index in [1.54, 1.807) is 12.1 Å². The molecular formula is C15H13Cl4NO2S. The number of hydrogen-bond acceptors (Lipinski definition) is 2. The number of hydrogen-bond donors (Lipinski definition) is 1. The summed E-state index contributed by atoms with van der Waals surface area (Å²) in [5.41, 5.74) is 1.56. The fourth-order valence-corrected chi connectivity index (χ4v) is 4.04. The van der Waals surface area contributed by atoms with Crippen LogP contribution in [0, 0.1) is 6.92 Å². The van der Waals surface area contributed by atoms with E-state index in [0.29, 0.717) is 10.6 Å². The van der Waals surface area contributed by atoms with Crippen LogP contribution in [0.15, 0.2) is 53.4 Å². The third-order valence-corrected chi connectivity index (χ3v) is 5.48. The highest BCUT2D eigenvalue weighted by Crippen LogP contribution is 2.40. The van der Waals surface area contributed by atoms with Gasteiger partial charge in [-0.2, -0.15) is 4.72 Å². The Balaban J connectivity index is 2.38. The van der Waals surface area contributed by atoms with Crippen molar-refractivity contribution in [3.8, 4) is 0 Å². The predicted molar refractivity (Wildman–Crippen MR) is 96.0 cm³/mol. The molecule has 2 rings (SSSR count). The number of halogens is 4. The molecule has 8 heteroatoms. The minimum Gasteiger partial charge on any atom is -0.207 e. The van der Waals surface area contributed by atoms with E-state index in [0.717, 1.165) is 5.56 Å². The van der Waals surface area contributed by atoms with Crippen molar-refractivity contribution in [1.29, 1.82) is 0 Å². The summed E-state index contributed by atoms with van der Waals surface area (Å²) in [6.45, 7) is 1.91. The Labute approximate surface area is 155 Å². The Morgan fingerprint density at radius 3 is 1.96 bits per heavy atom. The van der Waals surface area contributed by atoms with Crippen LogP contribution in [0.5, 0.6) is 0 Å². The zero-order chi connectivity index (χ0) is 17.3.